The molecule has 0 aliphatic rings. The Kier molecular flexibility index (Phi) is 3.39. The van der Waals surface area contributed by atoms with Gasteiger partial charge in [-0.1, -0.05) is 17.7 Å². The summed E-state index contributed by atoms with van der Waals surface area (Å²) in [5, 5.41) is 7.57. The highest BCUT2D eigenvalue weighted by Gasteiger charge is 2.12. The molecule has 0 saturated heterocycles. The largest absolute Gasteiger partial charge is 0.320 e. The van der Waals surface area contributed by atoms with Crippen LogP contribution in [0.5, 0.6) is 0 Å². The quantitative estimate of drug-likeness (QED) is 0.906. The van der Waals surface area contributed by atoms with E-state index < -0.39 is 0 Å². The van der Waals surface area contributed by atoms with Gasteiger partial charge in [-0.25, -0.2) is 0 Å². The minimum absolute atomic E-state index is 0.232. The lowest BCUT2D eigenvalue weighted by Gasteiger charge is -2.07. The van der Waals surface area contributed by atoms with Crippen LogP contribution in [0.25, 0.3) is 0 Å². The zero-order valence-electron chi connectivity index (χ0n) is 10.5. The van der Waals surface area contributed by atoms with Crippen molar-refractivity contribution in [2.24, 2.45) is 7.05 Å². The minimum atomic E-state index is -0.232. The molecule has 1 amide bonds. The van der Waals surface area contributed by atoms with E-state index in [1.807, 2.05) is 19.9 Å². The van der Waals surface area contributed by atoms with Gasteiger partial charge in [0.15, 0.2) is 5.69 Å². The summed E-state index contributed by atoms with van der Waals surface area (Å²) in [6, 6.07) is 7.15. The fourth-order valence-electron chi connectivity index (χ4n) is 1.60. The molecule has 0 unspecified atom stereocenters. The van der Waals surface area contributed by atoms with E-state index >= 15 is 0 Å². The molecular formula is C13H14ClN3O. The molecule has 18 heavy (non-hydrogen) atoms. The first-order chi connectivity index (χ1) is 8.49. The van der Waals surface area contributed by atoms with Crippen molar-refractivity contribution in [2.75, 3.05) is 5.32 Å². The van der Waals surface area contributed by atoms with Crippen molar-refractivity contribution in [3.05, 3.63) is 46.2 Å². The molecule has 0 aliphatic heterocycles. The summed E-state index contributed by atoms with van der Waals surface area (Å²) in [6.45, 7) is 3.76. The molecule has 2 aromatic rings. The van der Waals surface area contributed by atoms with Crippen LogP contribution in [-0.2, 0) is 7.05 Å². The average molecular weight is 264 g/mol. The Balaban J connectivity index is 2.24. The summed E-state index contributed by atoms with van der Waals surface area (Å²) < 4.78 is 1.67. The maximum Gasteiger partial charge on any atom is 0.276 e. The molecule has 0 atom stereocenters. The fourth-order valence-corrected chi connectivity index (χ4v) is 1.78. The first kappa shape index (κ1) is 12.6. The van der Waals surface area contributed by atoms with Gasteiger partial charge in [0.25, 0.3) is 5.91 Å². The van der Waals surface area contributed by atoms with E-state index in [9.17, 15) is 4.79 Å². The third-order valence-corrected chi connectivity index (χ3v) is 3.27. The van der Waals surface area contributed by atoms with E-state index in [0.717, 1.165) is 11.3 Å². The Morgan fingerprint density at radius 2 is 2.11 bits per heavy atom. The molecule has 0 radical (unpaired) electrons. The molecule has 4 nitrogen and oxygen atoms in total. The molecule has 94 valence electrons. The monoisotopic (exact) mass is 263 g/mol. The summed E-state index contributed by atoms with van der Waals surface area (Å²) in [5.41, 5.74) is 2.88. The van der Waals surface area contributed by atoms with Gasteiger partial charge < -0.3 is 5.32 Å². The van der Waals surface area contributed by atoms with Crippen LogP contribution in [-0.4, -0.2) is 15.7 Å². The highest BCUT2D eigenvalue weighted by molar-refractivity contribution is 6.31. The minimum Gasteiger partial charge on any atom is -0.320 e. The Bertz CT molecular complexity index is 585. The van der Waals surface area contributed by atoms with Crippen LogP contribution in [0, 0.1) is 13.8 Å². The topological polar surface area (TPSA) is 46.9 Å². The SMILES string of the molecule is Cc1c(Cl)cccc1NC(=O)c1cc(C)n(C)n1. The lowest BCUT2D eigenvalue weighted by atomic mass is 10.2. The van der Waals surface area contributed by atoms with E-state index in [4.69, 9.17) is 11.6 Å². The zero-order valence-corrected chi connectivity index (χ0v) is 11.2. The number of aryl methyl sites for hydroxylation is 2. The number of halogens is 1. The van der Waals surface area contributed by atoms with Gasteiger partial charge in [0.05, 0.1) is 0 Å². The Hall–Kier alpha value is -1.81. The van der Waals surface area contributed by atoms with Gasteiger partial charge in [-0.3, -0.25) is 9.48 Å². The van der Waals surface area contributed by atoms with Crippen LogP contribution in [0.1, 0.15) is 21.7 Å². The molecule has 1 heterocycles. The van der Waals surface area contributed by atoms with Crippen LogP contribution >= 0.6 is 11.6 Å². The number of amides is 1. The van der Waals surface area contributed by atoms with Crippen molar-refractivity contribution < 1.29 is 4.79 Å². The van der Waals surface area contributed by atoms with Crippen molar-refractivity contribution in [2.45, 2.75) is 13.8 Å². The number of anilines is 1. The molecule has 1 N–H and O–H groups in total. The number of hydrogen-bond acceptors (Lipinski definition) is 2. The van der Waals surface area contributed by atoms with Crippen LogP contribution in [0.3, 0.4) is 0 Å². The molecule has 1 aromatic carbocycles. The highest BCUT2D eigenvalue weighted by atomic mass is 35.5. The first-order valence-corrected chi connectivity index (χ1v) is 5.94. The third-order valence-electron chi connectivity index (χ3n) is 2.86. The van der Waals surface area contributed by atoms with Crippen molar-refractivity contribution in [3.63, 3.8) is 0 Å². The normalized spacial score (nSPS) is 10.4. The van der Waals surface area contributed by atoms with Gasteiger partial charge in [-0.15, -0.1) is 0 Å². The fraction of sp³-hybridized carbons (Fsp3) is 0.231. The van der Waals surface area contributed by atoms with Crippen LogP contribution in [0.15, 0.2) is 24.3 Å². The number of nitrogens with zero attached hydrogens (tertiary/aromatic N) is 2. The van der Waals surface area contributed by atoms with Gasteiger partial charge in [-0.2, -0.15) is 5.10 Å². The van der Waals surface area contributed by atoms with E-state index in [1.165, 1.54) is 0 Å². The third kappa shape index (κ3) is 2.38. The Labute approximate surface area is 111 Å². The van der Waals surface area contributed by atoms with Crippen molar-refractivity contribution in [3.8, 4) is 0 Å². The number of carbonyl (C=O) groups excluding carboxylic acids is 1. The number of hydrogen-bond donors (Lipinski definition) is 1. The number of nitrogens with one attached hydrogen (secondary N) is 1. The second-order valence-electron chi connectivity index (χ2n) is 4.16. The van der Waals surface area contributed by atoms with Crippen molar-refractivity contribution in [1.29, 1.82) is 0 Å². The molecule has 0 fully saturated rings. The van der Waals surface area contributed by atoms with Crippen LogP contribution in [0.2, 0.25) is 5.02 Å². The van der Waals surface area contributed by atoms with Crippen molar-refractivity contribution in [1.82, 2.24) is 9.78 Å². The predicted molar refractivity (Wildman–Crippen MR) is 72.1 cm³/mol. The summed E-state index contributed by atoms with van der Waals surface area (Å²) in [5.74, 6) is -0.232. The number of rotatable bonds is 2. The highest BCUT2D eigenvalue weighted by Crippen LogP contribution is 2.23. The Morgan fingerprint density at radius 1 is 1.39 bits per heavy atom. The molecule has 5 heteroatoms. The predicted octanol–water partition coefficient (Wildman–Crippen LogP) is 2.94. The van der Waals surface area contributed by atoms with Gasteiger partial charge in [0.1, 0.15) is 0 Å². The number of aromatic nitrogens is 2. The number of carbonyl (C=O) groups is 1. The van der Waals surface area contributed by atoms with E-state index in [2.05, 4.69) is 10.4 Å². The van der Waals surface area contributed by atoms with E-state index in [1.54, 1.807) is 29.9 Å². The lowest BCUT2D eigenvalue weighted by molar-refractivity contribution is 0.102. The molecule has 0 aliphatic carbocycles. The summed E-state index contributed by atoms with van der Waals surface area (Å²) in [4.78, 5) is 12.0. The molecular weight excluding hydrogens is 250 g/mol. The van der Waals surface area contributed by atoms with Crippen molar-refractivity contribution >= 4 is 23.2 Å². The smallest absolute Gasteiger partial charge is 0.276 e. The zero-order chi connectivity index (χ0) is 13.3. The van der Waals surface area contributed by atoms with Gasteiger partial charge >= 0.3 is 0 Å². The summed E-state index contributed by atoms with van der Waals surface area (Å²) >= 11 is 6.00. The maximum atomic E-state index is 12.0. The molecule has 0 spiro atoms. The van der Waals surface area contributed by atoms with Gasteiger partial charge in [0.2, 0.25) is 0 Å². The summed E-state index contributed by atoms with van der Waals surface area (Å²) in [6.07, 6.45) is 0. The van der Waals surface area contributed by atoms with E-state index in [0.29, 0.717) is 16.4 Å². The van der Waals surface area contributed by atoms with E-state index in [-0.39, 0.29) is 5.91 Å². The second-order valence-corrected chi connectivity index (χ2v) is 4.57. The standard InChI is InChI=1S/C13H14ClN3O/c1-8-7-12(16-17(8)3)13(18)15-11-6-4-5-10(14)9(11)2/h4-7H,1-3H3,(H,15,18). The Morgan fingerprint density at radius 3 is 2.72 bits per heavy atom. The summed E-state index contributed by atoms with van der Waals surface area (Å²) in [7, 11) is 1.80. The molecule has 2 rings (SSSR count). The number of benzene rings is 1. The molecule has 0 bridgehead atoms. The maximum absolute atomic E-state index is 12.0. The second kappa shape index (κ2) is 4.82. The molecule has 0 saturated carbocycles. The van der Waals surface area contributed by atoms with Crippen LogP contribution < -0.4 is 5.32 Å². The van der Waals surface area contributed by atoms with Crippen LogP contribution in [0.4, 0.5) is 5.69 Å². The lowest BCUT2D eigenvalue weighted by Crippen LogP contribution is -2.13. The average Bonchev–Trinajstić information content (AvgIpc) is 2.66. The molecule has 1 aromatic heterocycles. The van der Waals surface area contributed by atoms with Gasteiger partial charge in [-0.05, 0) is 37.6 Å². The van der Waals surface area contributed by atoms with Gasteiger partial charge in [0, 0.05) is 23.5 Å². The first-order valence-electron chi connectivity index (χ1n) is 5.56.